The minimum Gasteiger partial charge on any atom is -0.504 e. The molecule has 2 unspecified atom stereocenters. The first-order valence-corrected chi connectivity index (χ1v) is 6.69. The van der Waals surface area contributed by atoms with E-state index in [2.05, 4.69) is 0 Å². The van der Waals surface area contributed by atoms with Crippen LogP contribution in [0.5, 0.6) is 5.75 Å². The SMILES string of the molecule is CC1CC1n1cc(C(=O)O)c(=O)c2cc(F)c(O)c(Cl)c21. The molecule has 0 radical (unpaired) electrons. The molecule has 0 amide bonds. The number of benzene rings is 1. The van der Waals surface area contributed by atoms with Crippen molar-refractivity contribution in [1.82, 2.24) is 4.57 Å². The maximum atomic E-state index is 13.6. The number of rotatable bonds is 2. The van der Waals surface area contributed by atoms with E-state index in [0.717, 1.165) is 12.5 Å². The van der Waals surface area contributed by atoms with Crippen LogP contribution in [0.4, 0.5) is 4.39 Å². The van der Waals surface area contributed by atoms with Gasteiger partial charge < -0.3 is 14.8 Å². The van der Waals surface area contributed by atoms with E-state index in [4.69, 9.17) is 16.7 Å². The first-order chi connectivity index (χ1) is 9.82. The van der Waals surface area contributed by atoms with Gasteiger partial charge in [0.15, 0.2) is 11.6 Å². The maximum Gasteiger partial charge on any atom is 0.341 e. The Balaban J connectivity index is 2.49. The van der Waals surface area contributed by atoms with Crippen LogP contribution >= 0.6 is 11.6 Å². The number of aromatic nitrogens is 1. The van der Waals surface area contributed by atoms with E-state index in [1.807, 2.05) is 6.92 Å². The number of phenolic OH excluding ortho intramolecular Hbond substituents is 1. The van der Waals surface area contributed by atoms with E-state index in [0.29, 0.717) is 5.92 Å². The van der Waals surface area contributed by atoms with Crippen LogP contribution in [0.2, 0.25) is 5.02 Å². The highest BCUT2D eigenvalue weighted by molar-refractivity contribution is 6.36. The molecule has 0 aliphatic heterocycles. The van der Waals surface area contributed by atoms with Gasteiger partial charge >= 0.3 is 5.97 Å². The minimum atomic E-state index is -1.38. The molecule has 1 aliphatic rings. The number of nitrogens with zero attached hydrogens (tertiary/aromatic N) is 1. The Morgan fingerprint density at radius 3 is 2.67 bits per heavy atom. The molecule has 0 spiro atoms. The first-order valence-electron chi connectivity index (χ1n) is 6.32. The average molecular weight is 312 g/mol. The fraction of sp³-hybridized carbons (Fsp3) is 0.286. The van der Waals surface area contributed by atoms with Crippen molar-refractivity contribution in [1.29, 1.82) is 0 Å². The number of carbonyl (C=O) groups is 1. The summed E-state index contributed by atoms with van der Waals surface area (Å²) in [5.41, 5.74) is -1.09. The van der Waals surface area contributed by atoms with Crippen molar-refractivity contribution in [2.24, 2.45) is 5.92 Å². The van der Waals surface area contributed by atoms with Gasteiger partial charge in [-0.1, -0.05) is 18.5 Å². The van der Waals surface area contributed by atoms with Crippen molar-refractivity contribution < 1.29 is 19.4 Å². The molecular formula is C14H11ClFNO4. The Morgan fingerprint density at radius 2 is 2.14 bits per heavy atom. The zero-order chi connectivity index (χ0) is 15.5. The number of hydrogen-bond acceptors (Lipinski definition) is 3. The summed E-state index contributed by atoms with van der Waals surface area (Å²) < 4.78 is 15.2. The van der Waals surface area contributed by atoms with Crippen LogP contribution in [0.3, 0.4) is 0 Å². The lowest BCUT2D eigenvalue weighted by molar-refractivity contribution is 0.0695. The van der Waals surface area contributed by atoms with Crippen LogP contribution in [0.25, 0.3) is 10.9 Å². The minimum absolute atomic E-state index is 0.0199. The summed E-state index contributed by atoms with van der Waals surface area (Å²) >= 11 is 5.96. The Bertz CT molecular complexity index is 845. The van der Waals surface area contributed by atoms with Gasteiger partial charge in [0.2, 0.25) is 5.43 Å². The molecule has 1 aromatic carbocycles. The third kappa shape index (κ3) is 1.98. The fourth-order valence-corrected chi connectivity index (χ4v) is 2.83. The molecule has 5 nitrogen and oxygen atoms in total. The third-order valence-corrected chi connectivity index (χ3v) is 4.20. The molecule has 2 atom stereocenters. The zero-order valence-corrected chi connectivity index (χ0v) is 11.7. The second-order valence-corrected chi connectivity index (χ2v) is 5.66. The van der Waals surface area contributed by atoms with Gasteiger partial charge in [0, 0.05) is 12.2 Å². The van der Waals surface area contributed by atoms with Gasteiger partial charge in [-0.15, -0.1) is 0 Å². The topological polar surface area (TPSA) is 79.5 Å². The van der Waals surface area contributed by atoms with E-state index in [9.17, 15) is 19.1 Å². The number of carboxylic acid groups (broad SMARTS) is 1. The summed E-state index contributed by atoms with van der Waals surface area (Å²) in [7, 11) is 0. The number of hydrogen-bond donors (Lipinski definition) is 2. The van der Waals surface area contributed by atoms with Gasteiger partial charge in [0.25, 0.3) is 0 Å². The normalized spacial score (nSPS) is 20.7. The van der Waals surface area contributed by atoms with Gasteiger partial charge in [-0.2, -0.15) is 0 Å². The van der Waals surface area contributed by atoms with Crippen LogP contribution in [-0.4, -0.2) is 20.7 Å². The maximum absolute atomic E-state index is 13.6. The Hall–Kier alpha value is -2.08. The Labute approximate surface area is 123 Å². The van der Waals surface area contributed by atoms with Gasteiger partial charge in [-0.05, 0) is 18.4 Å². The molecule has 1 heterocycles. The number of aromatic carboxylic acids is 1. The largest absolute Gasteiger partial charge is 0.504 e. The summed E-state index contributed by atoms with van der Waals surface area (Å²) in [5, 5.41) is 18.3. The molecule has 2 aromatic rings. The lowest BCUT2D eigenvalue weighted by atomic mass is 10.1. The Morgan fingerprint density at radius 1 is 1.52 bits per heavy atom. The molecule has 0 bridgehead atoms. The van der Waals surface area contributed by atoms with Crippen molar-refractivity contribution in [3.8, 4) is 5.75 Å². The molecule has 1 fully saturated rings. The van der Waals surface area contributed by atoms with Gasteiger partial charge in [-0.3, -0.25) is 4.79 Å². The smallest absolute Gasteiger partial charge is 0.341 e. The van der Waals surface area contributed by atoms with Gasteiger partial charge in [0.1, 0.15) is 10.6 Å². The van der Waals surface area contributed by atoms with Crippen LogP contribution in [0.1, 0.15) is 29.7 Å². The van der Waals surface area contributed by atoms with Gasteiger partial charge in [-0.25, -0.2) is 9.18 Å². The average Bonchev–Trinajstić information content (AvgIpc) is 3.14. The molecule has 7 heteroatoms. The first kappa shape index (κ1) is 13.9. The molecule has 21 heavy (non-hydrogen) atoms. The molecule has 1 aliphatic carbocycles. The standard InChI is InChI=1S/C14H11ClFNO4/c1-5-2-9(5)17-4-7(14(20)21)12(18)6-3-8(16)13(19)10(15)11(6)17/h3-5,9,19H,2H2,1H3,(H,20,21). The summed E-state index contributed by atoms with van der Waals surface area (Å²) in [5.74, 6) is -2.88. The van der Waals surface area contributed by atoms with Crippen LogP contribution < -0.4 is 5.43 Å². The fourth-order valence-electron chi connectivity index (χ4n) is 2.54. The number of fused-ring (bicyclic) bond motifs is 1. The number of phenols is 1. The molecule has 1 aromatic heterocycles. The molecule has 3 rings (SSSR count). The summed E-state index contributed by atoms with van der Waals surface area (Å²) in [6.45, 7) is 1.96. The van der Waals surface area contributed by atoms with Crippen molar-refractivity contribution in [2.75, 3.05) is 0 Å². The number of carboxylic acids is 1. The number of halogens is 2. The van der Waals surface area contributed by atoms with Crippen molar-refractivity contribution in [2.45, 2.75) is 19.4 Å². The summed E-state index contributed by atoms with van der Waals surface area (Å²) in [6, 6.07) is 0.808. The summed E-state index contributed by atoms with van der Waals surface area (Å²) in [6.07, 6.45) is 2.01. The molecular weight excluding hydrogens is 301 g/mol. The second-order valence-electron chi connectivity index (χ2n) is 5.28. The predicted molar refractivity (Wildman–Crippen MR) is 74.6 cm³/mol. The van der Waals surface area contributed by atoms with Crippen molar-refractivity contribution in [3.05, 3.63) is 38.9 Å². The monoisotopic (exact) mass is 311 g/mol. The highest BCUT2D eigenvalue weighted by atomic mass is 35.5. The van der Waals surface area contributed by atoms with E-state index in [1.165, 1.54) is 6.20 Å². The van der Waals surface area contributed by atoms with Crippen LogP contribution in [0.15, 0.2) is 17.1 Å². The summed E-state index contributed by atoms with van der Waals surface area (Å²) in [4.78, 5) is 23.4. The van der Waals surface area contributed by atoms with Crippen LogP contribution in [-0.2, 0) is 0 Å². The zero-order valence-electron chi connectivity index (χ0n) is 10.9. The van der Waals surface area contributed by atoms with Gasteiger partial charge in [0.05, 0.1) is 10.9 Å². The molecule has 1 saturated carbocycles. The number of pyridine rings is 1. The lowest BCUT2D eigenvalue weighted by Gasteiger charge is -2.14. The van der Waals surface area contributed by atoms with Crippen LogP contribution in [0, 0.1) is 11.7 Å². The third-order valence-electron chi connectivity index (χ3n) is 3.84. The van der Waals surface area contributed by atoms with Crippen molar-refractivity contribution >= 4 is 28.5 Å². The van der Waals surface area contributed by atoms with E-state index in [1.54, 1.807) is 4.57 Å². The highest BCUT2D eigenvalue weighted by Gasteiger charge is 2.36. The van der Waals surface area contributed by atoms with E-state index in [-0.39, 0.29) is 22.0 Å². The quantitative estimate of drug-likeness (QED) is 0.893. The van der Waals surface area contributed by atoms with E-state index < -0.39 is 28.5 Å². The molecule has 0 saturated heterocycles. The lowest BCUT2D eigenvalue weighted by Crippen LogP contribution is -2.19. The molecule has 110 valence electrons. The second kappa shape index (κ2) is 4.46. The van der Waals surface area contributed by atoms with Crippen molar-refractivity contribution in [3.63, 3.8) is 0 Å². The predicted octanol–water partition coefficient (Wildman–Crippen LogP) is 2.78. The highest BCUT2D eigenvalue weighted by Crippen LogP contribution is 2.46. The molecule has 2 N–H and O–H groups in total. The number of aromatic hydroxyl groups is 1. The Kier molecular flexibility index (Phi) is 2.95. The van der Waals surface area contributed by atoms with E-state index >= 15 is 0 Å².